The Labute approximate surface area is 132 Å². The highest BCUT2D eigenvalue weighted by Gasteiger charge is 2.12. The van der Waals surface area contributed by atoms with E-state index in [0.29, 0.717) is 24.3 Å². The highest BCUT2D eigenvalue weighted by Crippen LogP contribution is 2.27. The van der Waals surface area contributed by atoms with Crippen LogP contribution in [0.25, 0.3) is 0 Å². The first kappa shape index (κ1) is 18.2. The van der Waals surface area contributed by atoms with Crippen molar-refractivity contribution in [2.75, 3.05) is 0 Å². The Morgan fingerprint density at radius 3 is 1.55 bits per heavy atom. The van der Waals surface area contributed by atoms with Crippen molar-refractivity contribution >= 4 is 11.9 Å². The van der Waals surface area contributed by atoms with Gasteiger partial charge in [-0.15, -0.1) is 0 Å². The molecule has 0 aromatic heterocycles. The number of hydrogen-bond acceptors (Lipinski definition) is 4. The Balaban J connectivity index is 2.54. The van der Waals surface area contributed by atoms with E-state index in [0.717, 1.165) is 38.5 Å². The van der Waals surface area contributed by atoms with Crippen LogP contribution >= 0.6 is 0 Å². The molecule has 4 heteroatoms. The first-order valence-electron chi connectivity index (χ1n) is 8.17. The molecule has 0 fully saturated rings. The SMILES string of the molecule is CCCCCC(=O)Oc1ccccc1OC(=O)CCCCC. The summed E-state index contributed by atoms with van der Waals surface area (Å²) in [7, 11) is 0. The molecule has 0 aliphatic carbocycles. The summed E-state index contributed by atoms with van der Waals surface area (Å²) in [5.41, 5.74) is 0. The van der Waals surface area contributed by atoms with Gasteiger partial charge in [-0.1, -0.05) is 51.7 Å². The van der Waals surface area contributed by atoms with Crippen molar-refractivity contribution in [3.8, 4) is 11.5 Å². The molecule has 0 saturated carbocycles. The van der Waals surface area contributed by atoms with Crippen molar-refractivity contribution in [2.24, 2.45) is 0 Å². The van der Waals surface area contributed by atoms with Crippen LogP contribution in [0.1, 0.15) is 65.2 Å². The molecule has 122 valence electrons. The number of unbranched alkanes of at least 4 members (excludes halogenated alkanes) is 4. The fourth-order valence-electron chi connectivity index (χ4n) is 2.00. The van der Waals surface area contributed by atoms with Crippen molar-refractivity contribution in [2.45, 2.75) is 65.2 Å². The second kappa shape index (κ2) is 10.8. The number of para-hydroxylation sites is 2. The van der Waals surface area contributed by atoms with Crippen molar-refractivity contribution < 1.29 is 19.1 Å². The van der Waals surface area contributed by atoms with E-state index in [2.05, 4.69) is 13.8 Å². The minimum atomic E-state index is -0.289. The first-order valence-corrected chi connectivity index (χ1v) is 8.17. The predicted molar refractivity (Wildman–Crippen MR) is 86.0 cm³/mol. The van der Waals surface area contributed by atoms with Gasteiger partial charge in [0.2, 0.25) is 0 Å². The van der Waals surface area contributed by atoms with Gasteiger partial charge in [-0.05, 0) is 25.0 Å². The number of ether oxygens (including phenoxy) is 2. The predicted octanol–water partition coefficient (Wildman–Crippen LogP) is 4.66. The van der Waals surface area contributed by atoms with Gasteiger partial charge >= 0.3 is 11.9 Å². The molecule has 0 atom stereocenters. The van der Waals surface area contributed by atoms with E-state index in [-0.39, 0.29) is 11.9 Å². The molecule has 0 aliphatic heterocycles. The third-order valence-corrected chi connectivity index (χ3v) is 3.27. The Bertz CT molecular complexity index is 425. The molecule has 1 aromatic rings. The van der Waals surface area contributed by atoms with Gasteiger partial charge in [0.25, 0.3) is 0 Å². The molecular weight excluding hydrogens is 280 g/mol. The summed E-state index contributed by atoms with van der Waals surface area (Å²) < 4.78 is 10.6. The van der Waals surface area contributed by atoms with Crippen LogP contribution in [0.2, 0.25) is 0 Å². The van der Waals surface area contributed by atoms with Crippen LogP contribution in [0.4, 0.5) is 0 Å². The van der Waals surface area contributed by atoms with E-state index >= 15 is 0 Å². The fraction of sp³-hybridized carbons (Fsp3) is 0.556. The van der Waals surface area contributed by atoms with Gasteiger partial charge < -0.3 is 9.47 Å². The second-order valence-corrected chi connectivity index (χ2v) is 5.31. The summed E-state index contributed by atoms with van der Waals surface area (Å²) >= 11 is 0. The van der Waals surface area contributed by atoms with Gasteiger partial charge in [-0.25, -0.2) is 0 Å². The zero-order chi connectivity index (χ0) is 16.2. The van der Waals surface area contributed by atoms with Crippen LogP contribution < -0.4 is 9.47 Å². The molecule has 4 nitrogen and oxygen atoms in total. The van der Waals surface area contributed by atoms with Crippen LogP contribution in [0.5, 0.6) is 11.5 Å². The highest BCUT2D eigenvalue weighted by atomic mass is 16.6. The van der Waals surface area contributed by atoms with Crippen molar-refractivity contribution in [3.63, 3.8) is 0 Å². The van der Waals surface area contributed by atoms with E-state index in [1.54, 1.807) is 24.3 Å². The summed E-state index contributed by atoms with van der Waals surface area (Å²) in [5, 5.41) is 0. The molecule has 0 bridgehead atoms. The number of carbonyl (C=O) groups is 2. The smallest absolute Gasteiger partial charge is 0.311 e. The van der Waals surface area contributed by atoms with Crippen LogP contribution in [-0.4, -0.2) is 11.9 Å². The van der Waals surface area contributed by atoms with Crippen LogP contribution in [0.15, 0.2) is 24.3 Å². The van der Waals surface area contributed by atoms with Crippen molar-refractivity contribution in [1.29, 1.82) is 0 Å². The minimum absolute atomic E-state index is 0.289. The lowest BCUT2D eigenvalue weighted by molar-refractivity contribution is -0.137. The van der Waals surface area contributed by atoms with Gasteiger partial charge in [-0.2, -0.15) is 0 Å². The lowest BCUT2D eigenvalue weighted by Crippen LogP contribution is -2.11. The molecule has 0 saturated heterocycles. The maximum Gasteiger partial charge on any atom is 0.311 e. The molecule has 0 spiro atoms. The minimum Gasteiger partial charge on any atom is -0.423 e. The Hall–Kier alpha value is -1.84. The lowest BCUT2D eigenvalue weighted by atomic mass is 10.2. The van der Waals surface area contributed by atoms with E-state index in [1.165, 1.54) is 0 Å². The molecule has 0 N–H and O–H groups in total. The number of hydrogen-bond donors (Lipinski definition) is 0. The van der Waals surface area contributed by atoms with E-state index in [9.17, 15) is 9.59 Å². The summed E-state index contributed by atoms with van der Waals surface area (Å²) in [4.78, 5) is 23.5. The third kappa shape index (κ3) is 7.25. The fourth-order valence-corrected chi connectivity index (χ4v) is 2.00. The summed E-state index contributed by atoms with van der Waals surface area (Å²) in [6.45, 7) is 4.16. The molecule has 0 heterocycles. The van der Waals surface area contributed by atoms with Crippen LogP contribution in [0.3, 0.4) is 0 Å². The maximum atomic E-state index is 11.8. The molecule has 1 rings (SSSR count). The molecular formula is C18H26O4. The zero-order valence-corrected chi connectivity index (χ0v) is 13.6. The summed E-state index contributed by atoms with van der Waals surface area (Å²) in [6.07, 6.45) is 6.51. The molecule has 0 radical (unpaired) electrons. The number of carbonyl (C=O) groups excluding carboxylic acids is 2. The second-order valence-electron chi connectivity index (χ2n) is 5.31. The number of esters is 2. The average Bonchev–Trinajstić information content (AvgIpc) is 2.50. The molecule has 0 unspecified atom stereocenters. The summed E-state index contributed by atoms with van der Waals surface area (Å²) in [5.74, 6) is 0.0477. The van der Waals surface area contributed by atoms with Gasteiger partial charge in [0, 0.05) is 12.8 Å². The van der Waals surface area contributed by atoms with Gasteiger partial charge in [0.1, 0.15) is 0 Å². The Morgan fingerprint density at radius 2 is 1.18 bits per heavy atom. The zero-order valence-electron chi connectivity index (χ0n) is 13.6. The molecule has 1 aromatic carbocycles. The van der Waals surface area contributed by atoms with Gasteiger partial charge in [0.05, 0.1) is 0 Å². The topological polar surface area (TPSA) is 52.6 Å². The lowest BCUT2D eigenvalue weighted by Gasteiger charge is -2.10. The molecule has 0 amide bonds. The van der Waals surface area contributed by atoms with Crippen molar-refractivity contribution in [1.82, 2.24) is 0 Å². The number of rotatable bonds is 10. The largest absolute Gasteiger partial charge is 0.423 e. The molecule has 22 heavy (non-hydrogen) atoms. The molecule has 0 aliphatic rings. The standard InChI is InChI=1S/C18H26O4/c1-3-5-7-13-17(19)21-15-11-9-10-12-16(15)22-18(20)14-8-6-4-2/h9-12H,3-8,13-14H2,1-2H3. The maximum absolute atomic E-state index is 11.8. The third-order valence-electron chi connectivity index (χ3n) is 3.27. The van der Waals surface area contributed by atoms with E-state index < -0.39 is 0 Å². The monoisotopic (exact) mass is 306 g/mol. The first-order chi connectivity index (χ1) is 10.7. The number of benzene rings is 1. The van der Waals surface area contributed by atoms with E-state index in [4.69, 9.17) is 9.47 Å². The Kier molecular flexibility index (Phi) is 8.96. The van der Waals surface area contributed by atoms with Gasteiger partial charge in [-0.3, -0.25) is 9.59 Å². The highest BCUT2D eigenvalue weighted by molar-refractivity contribution is 5.76. The Morgan fingerprint density at radius 1 is 0.773 bits per heavy atom. The van der Waals surface area contributed by atoms with E-state index in [1.807, 2.05) is 0 Å². The average molecular weight is 306 g/mol. The van der Waals surface area contributed by atoms with Crippen LogP contribution in [-0.2, 0) is 9.59 Å². The summed E-state index contributed by atoms with van der Waals surface area (Å²) in [6, 6.07) is 6.80. The van der Waals surface area contributed by atoms with Gasteiger partial charge in [0.15, 0.2) is 11.5 Å². The van der Waals surface area contributed by atoms with Crippen LogP contribution in [0, 0.1) is 0 Å². The normalized spacial score (nSPS) is 10.3. The van der Waals surface area contributed by atoms with Crippen molar-refractivity contribution in [3.05, 3.63) is 24.3 Å². The quantitative estimate of drug-likeness (QED) is 0.358.